The van der Waals surface area contributed by atoms with Crippen molar-refractivity contribution in [3.05, 3.63) is 33.8 Å². The first kappa shape index (κ1) is 15.3. The fourth-order valence-corrected chi connectivity index (χ4v) is 2.75. The monoisotopic (exact) mass is 314 g/mol. The molecule has 0 aromatic heterocycles. The second-order valence-electron chi connectivity index (χ2n) is 5.02. The molecule has 1 amide bonds. The minimum absolute atomic E-state index is 0.0178. The lowest BCUT2D eigenvalue weighted by atomic mass is 10.0. The van der Waals surface area contributed by atoms with Crippen LogP contribution in [0.4, 0.5) is 0 Å². The molecule has 0 spiro atoms. The zero-order chi connectivity index (χ0) is 14.5. The van der Waals surface area contributed by atoms with Crippen LogP contribution < -0.4 is 10.3 Å². The van der Waals surface area contributed by atoms with Gasteiger partial charge in [-0.2, -0.15) is 5.10 Å². The van der Waals surface area contributed by atoms with Gasteiger partial charge in [-0.1, -0.05) is 35.3 Å². The summed E-state index contributed by atoms with van der Waals surface area (Å²) in [6.07, 6.45) is 4.70. The quantitative estimate of drug-likeness (QED) is 0.645. The van der Waals surface area contributed by atoms with Gasteiger partial charge in [0.2, 0.25) is 0 Å². The third-order valence-electron chi connectivity index (χ3n) is 3.59. The number of nitrogens with one attached hydrogen (secondary N) is 2. The second kappa shape index (κ2) is 7.07. The second-order valence-corrected chi connectivity index (χ2v) is 5.81. The Balaban J connectivity index is 1.95. The van der Waals surface area contributed by atoms with Crippen molar-refractivity contribution in [2.75, 3.05) is 13.6 Å². The number of benzene rings is 1. The maximum atomic E-state index is 12.0. The molecule has 108 valence electrons. The number of carbonyl (C=O) groups is 1. The predicted octanol–water partition coefficient (Wildman–Crippen LogP) is 1.51. The van der Waals surface area contributed by atoms with Crippen LogP contribution in [0.1, 0.15) is 24.8 Å². The van der Waals surface area contributed by atoms with Gasteiger partial charge in [0.1, 0.15) is 0 Å². The van der Waals surface area contributed by atoms with Crippen molar-refractivity contribution < 1.29 is 9.69 Å². The van der Waals surface area contributed by atoms with Crippen molar-refractivity contribution in [2.24, 2.45) is 5.10 Å². The number of hydrogen-bond donors (Lipinski definition) is 2. The summed E-state index contributed by atoms with van der Waals surface area (Å²) in [6, 6.07) is 5.27. The average molecular weight is 315 g/mol. The van der Waals surface area contributed by atoms with E-state index >= 15 is 0 Å². The molecule has 2 N–H and O–H groups in total. The maximum absolute atomic E-state index is 12.0. The molecule has 0 saturated carbocycles. The molecule has 0 aliphatic carbocycles. The molecule has 1 aromatic rings. The standard InChI is InChI=1S/C14H17Cl2N3O/c1-19-8-3-2-7-12(19)14(20)18-17-9-10-5-4-6-11(15)13(10)16/h4-6,9,12H,2-3,7-8H2,1H3,(H,18,20)/p+1. The number of hydrazone groups is 1. The third kappa shape index (κ3) is 3.72. The fraction of sp³-hybridized carbons (Fsp3) is 0.429. The lowest BCUT2D eigenvalue weighted by Crippen LogP contribution is -3.15. The number of quaternary nitrogens is 1. The Hall–Kier alpha value is -1.10. The summed E-state index contributed by atoms with van der Waals surface area (Å²) in [6.45, 7) is 1.03. The highest BCUT2D eigenvalue weighted by molar-refractivity contribution is 6.43. The lowest BCUT2D eigenvalue weighted by molar-refractivity contribution is -0.901. The summed E-state index contributed by atoms with van der Waals surface area (Å²) in [7, 11) is 2.04. The molecule has 20 heavy (non-hydrogen) atoms. The van der Waals surface area contributed by atoms with E-state index in [9.17, 15) is 4.79 Å². The van der Waals surface area contributed by atoms with E-state index in [0.717, 1.165) is 19.4 Å². The van der Waals surface area contributed by atoms with E-state index in [0.29, 0.717) is 15.6 Å². The Bertz CT molecular complexity index is 519. The molecular weight excluding hydrogens is 297 g/mol. The van der Waals surface area contributed by atoms with Gasteiger partial charge >= 0.3 is 0 Å². The number of amides is 1. The highest BCUT2D eigenvalue weighted by atomic mass is 35.5. The molecule has 1 aliphatic rings. The van der Waals surface area contributed by atoms with Crippen molar-refractivity contribution in [1.29, 1.82) is 0 Å². The summed E-state index contributed by atoms with van der Waals surface area (Å²) in [5.41, 5.74) is 3.27. The third-order valence-corrected chi connectivity index (χ3v) is 4.42. The van der Waals surface area contributed by atoms with Crippen LogP contribution in [0.3, 0.4) is 0 Å². The van der Waals surface area contributed by atoms with Crippen molar-refractivity contribution in [1.82, 2.24) is 5.43 Å². The molecule has 2 unspecified atom stereocenters. The molecule has 0 radical (unpaired) electrons. The number of nitrogens with zero attached hydrogens (tertiary/aromatic N) is 1. The molecule has 6 heteroatoms. The molecule has 1 heterocycles. The first-order valence-electron chi connectivity index (χ1n) is 6.69. The summed E-state index contributed by atoms with van der Waals surface area (Å²) in [4.78, 5) is 13.3. The molecule has 1 aromatic carbocycles. The van der Waals surface area contributed by atoms with Crippen LogP contribution in [0.2, 0.25) is 10.0 Å². The highest BCUT2D eigenvalue weighted by Crippen LogP contribution is 2.24. The molecule has 1 saturated heterocycles. The van der Waals surface area contributed by atoms with Crippen LogP contribution in [-0.4, -0.2) is 31.8 Å². The van der Waals surface area contributed by atoms with Gasteiger partial charge in [0, 0.05) is 12.0 Å². The van der Waals surface area contributed by atoms with E-state index < -0.39 is 0 Å². The Morgan fingerprint density at radius 3 is 3.00 bits per heavy atom. The Kier molecular flexibility index (Phi) is 5.40. The van der Waals surface area contributed by atoms with Gasteiger partial charge in [-0.3, -0.25) is 4.79 Å². The number of halogens is 2. The van der Waals surface area contributed by atoms with Crippen LogP contribution in [-0.2, 0) is 4.79 Å². The minimum Gasteiger partial charge on any atom is -0.327 e. The molecule has 1 aliphatic heterocycles. The highest BCUT2D eigenvalue weighted by Gasteiger charge is 2.29. The molecule has 1 fully saturated rings. The van der Waals surface area contributed by atoms with Gasteiger partial charge < -0.3 is 4.90 Å². The van der Waals surface area contributed by atoms with Gasteiger partial charge in [0.15, 0.2) is 6.04 Å². The summed E-state index contributed by atoms with van der Waals surface area (Å²) < 4.78 is 0. The zero-order valence-electron chi connectivity index (χ0n) is 11.3. The normalized spacial score (nSPS) is 22.9. The molecule has 2 atom stereocenters. The fourth-order valence-electron chi connectivity index (χ4n) is 2.39. The van der Waals surface area contributed by atoms with Crippen LogP contribution in [0.5, 0.6) is 0 Å². The van der Waals surface area contributed by atoms with Gasteiger partial charge in [0.05, 0.1) is 29.9 Å². The zero-order valence-corrected chi connectivity index (χ0v) is 12.8. The van der Waals surface area contributed by atoms with E-state index in [1.54, 1.807) is 18.2 Å². The summed E-state index contributed by atoms with van der Waals surface area (Å²) >= 11 is 12.0. The Morgan fingerprint density at radius 1 is 1.45 bits per heavy atom. The van der Waals surface area contributed by atoms with Gasteiger partial charge in [-0.25, -0.2) is 5.43 Å². The smallest absolute Gasteiger partial charge is 0.298 e. The Morgan fingerprint density at radius 2 is 2.25 bits per heavy atom. The topological polar surface area (TPSA) is 45.9 Å². The summed E-state index contributed by atoms with van der Waals surface area (Å²) in [5.74, 6) is -0.0448. The maximum Gasteiger partial charge on any atom is 0.298 e. The number of hydrogen-bond acceptors (Lipinski definition) is 2. The van der Waals surface area contributed by atoms with Crippen molar-refractivity contribution in [2.45, 2.75) is 25.3 Å². The van der Waals surface area contributed by atoms with E-state index in [1.165, 1.54) is 17.5 Å². The largest absolute Gasteiger partial charge is 0.327 e. The van der Waals surface area contributed by atoms with Crippen molar-refractivity contribution in [3.8, 4) is 0 Å². The lowest BCUT2D eigenvalue weighted by Gasteiger charge is -2.27. The molecule has 0 bridgehead atoms. The van der Waals surface area contributed by atoms with Crippen molar-refractivity contribution >= 4 is 35.3 Å². The van der Waals surface area contributed by atoms with E-state index in [2.05, 4.69) is 10.5 Å². The molecular formula is C14H18Cl2N3O+. The molecule has 2 rings (SSSR count). The average Bonchev–Trinajstić information content (AvgIpc) is 2.44. The number of rotatable bonds is 3. The molecule has 4 nitrogen and oxygen atoms in total. The summed E-state index contributed by atoms with van der Waals surface area (Å²) in [5, 5.41) is 4.88. The first-order chi connectivity index (χ1) is 9.59. The van der Waals surface area contributed by atoms with Crippen LogP contribution in [0.25, 0.3) is 0 Å². The minimum atomic E-state index is -0.0448. The van der Waals surface area contributed by atoms with Gasteiger partial charge in [-0.05, 0) is 18.9 Å². The van der Waals surface area contributed by atoms with Crippen LogP contribution >= 0.6 is 23.2 Å². The number of carbonyl (C=O) groups excluding carboxylic acids is 1. The van der Waals surface area contributed by atoms with Gasteiger partial charge in [-0.15, -0.1) is 0 Å². The number of piperidine rings is 1. The van der Waals surface area contributed by atoms with Crippen LogP contribution in [0.15, 0.2) is 23.3 Å². The van der Waals surface area contributed by atoms with E-state index in [4.69, 9.17) is 23.2 Å². The van der Waals surface area contributed by atoms with E-state index in [1.807, 2.05) is 7.05 Å². The number of likely N-dealkylation sites (N-methyl/N-ethyl adjacent to an activating group) is 1. The predicted molar refractivity (Wildman–Crippen MR) is 81.6 cm³/mol. The Labute approximate surface area is 128 Å². The van der Waals surface area contributed by atoms with E-state index in [-0.39, 0.29) is 11.9 Å². The SMILES string of the molecule is C[NH+]1CCCCC1C(=O)NN=Cc1cccc(Cl)c1Cl. The number of likely N-dealkylation sites (tertiary alicyclic amines) is 1. The van der Waals surface area contributed by atoms with Crippen LogP contribution in [0, 0.1) is 0 Å². The van der Waals surface area contributed by atoms with Crippen molar-refractivity contribution in [3.63, 3.8) is 0 Å². The first-order valence-corrected chi connectivity index (χ1v) is 7.44. The van der Waals surface area contributed by atoms with Gasteiger partial charge in [0.25, 0.3) is 5.91 Å².